The van der Waals surface area contributed by atoms with Gasteiger partial charge in [-0.15, -0.1) is 0 Å². The van der Waals surface area contributed by atoms with Gasteiger partial charge in [0.25, 0.3) is 5.91 Å². The molecule has 148 valence electrons. The van der Waals surface area contributed by atoms with Crippen LogP contribution in [0.15, 0.2) is 36.4 Å². The SMILES string of the molecule is O=C(COC(=O)CN1C(=O)[C@@H]2CC=CC[C@H]2C1=O)NCCc1ccccc1F. The number of fused-ring (bicyclic) bond motifs is 1. The number of benzene rings is 1. The molecule has 1 saturated heterocycles. The number of nitrogens with zero attached hydrogens (tertiary/aromatic N) is 1. The minimum absolute atomic E-state index is 0.191. The molecule has 28 heavy (non-hydrogen) atoms. The second kappa shape index (κ2) is 8.77. The summed E-state index contributed by atoms with van der Waals surface area (Å²) in [6, 6.07) is 6.25. The van der Waals surface area contributed by atoms with E-state index in [0.29, 0.717) is 24.8 Å². The molecule has 2 aliphatic rings. The molecule has 3 rings (SSSR count). The number of hydrogen-bond donors (Lipinski definition) is 1. The van der Waals surface area contributed by atoms with Gasteiger partial charge in [0.05, 0.1) is 11.8 Å². The van der Waals surface area contributed by atoms with Gasteiger partial charge in [0.15, 0.2) is 6.61 Å². The molecule has 1 heterocycles. The molecule has 1 aliphatic carbocycles. The zero-order valence-electron chi connectivity index (χ0n) is 15.2. The first-order valence-corrected chi connectivity index (χ1v) is 9.13. The van der Waals surface area contributed by atoms with Crippen LogP contribution in [0.25, 0.3) is 0 Å². The van der Waals surface area contributed by atoms with Gasteiger partial charge in [0, 0.05) is 6.54 Å². The lowest BCUT2D eigenvalue weighted by Crippen LogP contribution is -2.38. The first-order valence-electron chi connectivity index (χ1n) is 9.13. The summed E-state index contributed by atoms with van der Waals surface area (Å²) in [7, 11) is 0. The van der Waals surface area contributed by atoms with Crippen molar-refractivity contribution in [1.29, 1.82) is 0 Å². The van der Waals surface area contributed by atoms with Crippen LogP contribution in [0, 0.1) is 17.7 Å². The van der Waals surface area contributed by atoms with Crippen molar-refractivity contribution in [2.45, 2.75) is 19.3 Å². The number of esters is 1. The number of halogens is 1. The number of hydrogen-bond acceptors (Lipinski definition) is 5. The highest BCUT2D eigenvalue weighted by Gasteiger charge is 2.47. The molecule has 8 heteroatoms. The van der Waals surface area contributed by atoms with Crippen molar-refractivity contribution in [2.75, 3.05) is 19.7 Å². The van der Waals surface area contributed by atoms with Gasteiger partial charge >= 0.3 is 5.97 Å². The Hall–Kier alpha value is -3.03. The zero-order chi connectivity index (χ0) is 20.1. The van der Waals surface area contributed by atoms with Crippen LogP contribution < -0.4 is 5.32 Å². The molecule has 0 radical (unpaired) electrons. The fraction of sp³-hybridized carbons (Fsp3) is 0.400. The van der Waals surface area contributed by atoms with E-state index >= 15 is 0 Å². The highest BCUT2D eigenvalue weighted by molar-refractivity contribution is 6.07. The van der Waals surface area contributed by atoms with Crippen LogP contribution in [0.4, 0.5) is 4.39 Å². The summed E-state index contributed by atoms with van der Waals surface area (Å²) in [6.45, 7) is -0.829. The summed E-state index contributed by atoms with van der Waals surface area (Å²) in [4.78, 5) is 49.2. The van der Waals surface area contributed by atoms with Crippen molar-refractivity contribution in [3.8, 4) is 0 Å². The van der Waals surface area contributed by atoms with Crippen LogP contribution in [0.5, 0.6) is 0 Å². The molecule has 3 amide bonds. The number of likely N-dealkylation sites (tertiary alicyclic amines) is 1. The third kappa shape index (κ3) is 4.44. The quantitative estimate of drug-likeness (QED) is 0.427. The highest BCUT2D eigenvalue weighted by atomic mass is 19.1. The van der Waals surface area contributed by atoms with Gasteiger partial charge in [-0.2, -0.15) is 0 Å². The molecule has 7 nitrogen and oxygen atoms in total. The Balaban J connectivity index is 1.39. The minimum Gasteiger partial charge on any atom is -0.454 e. The number of imide groups is 1. The largest absolute Gasteiger partial charge is 0.454 e. The standard InChI is InChI=1S/C20H21FN2O5/c21-16-8-4-1-5-13(16)9-10-22-17(24)12-28-18(25)11-23-19(26)14-6-2-3-7-15(14)20(23)27/h1-5,8,14-15H,6-7,9-12H2,(H,22,24)/t14-,15-/m1/s1. The normalized spacial score (nSPS) is 20.8. The molecule has 1 fully saturated rings. The van der Waals surface area contributed by atoms with Crippen LogP contribution in [0.1, 0.15) is 18.4 Å². The fourth-order valence-corrected chi connectivity index (χ4v) is 3.43. The van der Waals surface area contributed by atoms with Crippen LogP contribution in [0.2, 0.25) is 0 Å². The molecule has 1 aromatic rings. The predicted octanol–water partition coefficient (Wildman–Crippen LogP) is 0.979. The van der Waals surface area contributed by atoms with Crippen molar-refractivity contribution in [2.24, 2.45) is 11.8 Å². The molecule has 0 spiro atoms. The monoisotopic (exact) mass is 388 g/mol. The number of rotatable bonds is 7. The van der Waals surface area contributed by atoms with Crippen molar-refractivity contribution in [3.05, 3.63) is 47.8 Å². The fourth-order valence-electron chi connectivity index (χ4n) is 3.43. The Morgan fingerprint density at radius 2 is 1.75 bits per heavy atom. The van der Waals surface area contributed by atoms with Gasteiger partial charge in [0.1, 0.15) is 12.4 Å². The minimum atomic E-state index is -0.822. The van der Waals surface area contributed by atoms with Gasteiger partial charge < -0.3 is 10.1 Å². The lowest BCUT2D eigenvalue weighted by molar-refractivity contribution is -0.154. The molecule has 0 bridgehead atoms. The Morgan fingerprint density at radius 3 is 2.39 bits per heavy atom. The van der Waals surface area contributed by atoms with Crippen molar-refractivity contribution < 1.29 is 28.3 Å². The Bertz CT molecular complexity index is 797. The van der Waals surface area contributed by atoms with Crippen LogP contribution in [-0.4, -0.2) is 48.3 Å². The lowest BCUT2D eigenvalue weighted by Gasteiger charge is -2.14. The van der Waals surface area contributed by atoms with Gasteiger partial charge in [-0.05, 0) is 30.9 Å². The summed E-state index contributed by atoms with van der Waals surface area (Å²) in [6.07, 6.45) is 5.01. The van der Waals surface area contributed by atoms with Gasteiger partial charge in [-0.3, -0.25) is 24.1 Å². The third-order valence-electron chi connectivity index (χ3n) is 4.92. The molecule has 0 unspecified atom stereocenters. The first-order chi connectivity index (χ1) is 13.5. The average molecular weight is 388 g/mol. The van der Waals surface area contributed by atoms with Crippen molar-refractivity contribution in [1.82, 2.24) is 10.2 Å². The number of nitrogens with one attached hydrogen (secondary N) is 1. The molecule has 1 N–H and O–H groups in total. The van der Waals surface area contributed by atoms with Crippen LogP contribution >= 0.6 is 0 Å². The van der Waals surface area contributed by atoms with E-state index in [0.717, 1.165) is 4.90 Å². The summed E-state index contributed by atoms with van der Waals surface area (Å²) in [5.41, 5.74) is 0.474. The number of allylic oxidation sites excluding steroid dienone is 2. The smallest absolute Gasteiger partial charge is 0.326 e. The van der Waals surface area contributed by atoms with E-state index in [9.17, 15) is 23.6 Å². The maximum Gasteiger partial charge on any atom is 0.326 e. The molecule has 0 aromatic heterocycles. The van der Waals surface area contributed by atoms with Gasteiger partial charge in [-0.25, -0.2) is 4.39 Å². The van der Waals surface area contributed by atoms with E-state index < -0.39 is 36.9 Å². The summed E-state index contributed by atoms with van der Waals surface area (Å²) in [5.74, 6) is -3.27. The maximum absolute atomic E-state index is 13.5. The van der Waals surface area contributed by atoms with E-state index in [4.69, 9.17) is 4.74 Å². The van der Waals surface area contributed by atoms with Crippen LogP contribution in [-0.2, 0) is 30.3 Å². The van der Waals surface area contributed by atoms with E-state index in [-0.39, 0.29) is 24.2 Å². The summed E-state index contributed by atoms with van der Waals surface area (Å²) in [5, 5.41) is 2.53. The zero-order valence-corrected chi connectivity index (χ0v) is 15.2. The Morgan fingerprint density at radius 1 is 1.11 bits per heavy atom. The lowest BCUT2D eigenvalue weighted by atomic mass is 9.85. The number of carbonyl (C=O) groups is 4. The topological polar surface area (TPSA) is 92.8 Å². The van der Waals surface area contributed by atoms with E-state index in [2.05, 4.69) is 5.32 Å². The van der Waals surface area contributed by atoms with Gasteiger partial charge in [0.2, 0.25) is 11.8 Å². The summed E-state index contributed by atoms with van der Waals surface area (Å²) >= 11 is 0. The van der Waals surface area contributed by atoms with Crippen molar-refractivity contribution in [3.63, 3.8) is 0 Å². The Kier molecular flexibility index (Phi) is 6.18. The number of carbonyl (C=O) groups excluding carboxylic acids is 4. The Labute approximate surface area is 161 Å². The molecule has 0 saturated carbocycles. The second-order valence-electron chi connectivity index (χ2n) is 6.77. The van der Waals surface area contributed by atoms with E-state index in [1.165, 1.54) is 6.07 Å². The first kappa shape index (κ1) is 19.7. The third-order valence-corrected chi connectivity index (χ3v) is 4.92. The highest BCUT2D eigenvalue weighted by Crippen LogP contribution is 2.34. The maximum atomic E-state index is 13.5. The van der Waals surface area contributed by atoms with E-state index in [1.54, 1.807) is 18.2 Å². The number of ether oxygens (including phenoxy) is 1. The van der Waals surface area contributed by atoms with Crippen LogP contribution in [0.3, 0.4) is 0 Å². The molecular formula is C20H21FN2O5. The molecular weight excluding hydrogens is 367 g/mol. The molecule has 1 aliphatic heterocycles. The van der Waals surface area contributed by atoms with E-state index in [1.807, 2.05) is 12.2 Å². The predicted molar refractivity (Wildman–Crippen MR) is 96.1 cm³/mol. The molecule has 1 aromatic carbocycles. The number of amides is 3. The van der Waals surface area contributed by atoms with Gasteiger partial charge in [-0.1, -0.05) is 30.4 Å². The second-order valence-corrected chi connectivity index (χ2v) is 6.77. The average Bonchev–Trinajstić information content (AvgIpc) is 2.93. The molecule has 2 atom stereocenters. The summed E-state index contributed by atoms with van der Waals surface area (Å²) < 4.78 is 18.3. The van der Waals surface area contributed by atoms with Crippen molar-refractivity contribution >= 4 is 23.7 Å².